The molecule has 0 aliphatic carbocycles. The summed E-state index contributed by atoms with van der Waals surface area (Å²) in [5.41, 5.74) is 0. The van der Waals surface area contributed by atoms with Gasteiger partial charge in [0.15, 0.2) is 0 Å². The van der Waals surface area contributed by atoms with Crippen molar-refractivity contribution in [2.75, 3.05) is 0 Å². The first kappa shape index (κ1) is 11.4. The predicted molar refractivity (Wildman–Crippen MR) is 46.3 cm³/mol. The molecule has 0 aromatic heterocycles. The molecule has 12 heavy (non-hydrogen) atoms. The molecule has 0 spiro atoms. The molecule has 0 fully saturated rings. The van der Waals surface area contributed by atoms with E-state index in [9.17, 15) is 10.1 Å². The van der Waals surface area contributed by atoms with Crippen molar-refractivity contribution in [3.8, 4) is 0 Å². The highest BCUT2D eigenvalue weighted by Crippen LogP contribution is 2.17. The average Bonchev–Trinajstić information content (AvgIpc) is 2.03. The van der Waals surface area contributed by atoms with Gasteiger partial charge in [0.1, 0.15) is 0 Å². The summed E-state index contributed by atoms with van der Waals surface area (Å²) in [6, 6.07) is 0. The fraction of sp³-hybridized carbons (Fsp3) is 1.00. The van der Waals surface area contributed by atoms with Crippen molar-refractivity contribution in [3.63, 3.8) is 0 Å². The summed E-state index contributed by atoms with van der Waals surface area (Å²) in [6.45, 7) is 3.94. The van der Waals surface area contributed by atoms with E-state index in [-0.39, 0.29) is 5.92 Å². The Hall–Kier alpha value is -0.640. The Morgan fingerprint density at radius 2 is 1.75 bits per heavy atom. The summed E-state index contributed by atoms with van der Waals surface area (Å²) >= 11 is 0. The van der Waals surface area contributed by atoms with E-state index in [1.165, 1.54) is 0 Å². The lowest BCUT2D eigenvalue weighted by atomic mass is 9.97. The van der Waals surface area contributed by atoms with Crippen LogP contribution in [0, 0.1) is 16.0 Å². The minimum absolute atomic E-state index is 0.171. The van der Waals surface area contributed by atoms with Crippen molar-refractivity contribution in [1.29, 1.82) is 0 Å². The third kappa shape index (κ3) is 3.67. The highest BCUT2D eigenvalue weighted by atomic mass is 16.7. The molecule has 72 valence electrons. The Morgan fingerprint density at radius 3 is 2.00 bits per heavy atom. The van der Waals surface area contributed by atoms with Crippen LogP contribution in [0.5, 0.6) is 0 Å². The number of hydrogen-bond donors (Lipinski definition) is 1. The maximum Gasteiger partial charge on any atom is 0.315 e. The standard InChI is InChI=1S/C8H17NO3/c1-3-5-7(6-4-2)8(10)9(11)12/h7-8,10H,3-6H2,1-2H3. The van der Waals surface area contributed by atoms with Crippen molar-refractivity contribution in [3.05, 3.63) is 10.1 Å². The molecule has 1 unspecified atom stereocenters. The summed E-state index contributed by atoms with van der Waals surface area (Å²) in [5, 5.41) is 19.4. The van der Waals surface area contributed by atoms with E-state index >= 15 is 0 Å². The van der Waals surface area contributed by atoms with E-state index in [4.69, 9.17) is 5.11 Å². The largest absolute Gasteiger partial charge is 0.333 e. The van der Waals surface area contributed by atoms with Crippen LogP contribution in [0.3, 0.4) is 0 Å². The van der Waals surface area contributed by atoms with E-state index in [0.717, 1.165) is 25.7 Å². The van der Waals surface area contributed by atoms with Crippen LogP contribution in [0.25, 0.3) is 0 Å². The molecular formula is C8H17NO3. The molecular weight excluding hydrogens is 158 g/mol. The van der Waals surface area contributed by atoms with Crippen LogP contribution in [0.2, 0.25) is 0 Å². The molecule has 0 saturated heterocycles. The lowest BCUT2D eigenvalue weighted by Crippen LogP contribution is -2.28. The van der Waals surface area contributed by atoms with Gasteiger partial charge in [0.2, 0.25) is 0 Å². The maximum absolute atomic E-state index is 10.2. The number of aliphatic hydroxyl groups is 1. The first-order valence-electron chi connectivity index (χ1n) is 4.45. The first-order chi connectivity index (χ1) is 5.63. The molecule has 0 saturated carbocycles. The second-order valence-electron chi connectivity index (χ2n) is 3.04. The number of aliphatic hydroxyl groups excluding tert-OH is 1. The van der Waals surface area contributed by atoms with Gasteiger partial charge in [-0.2, -0.15) is 0 Å². The van der Waals surface area contributed by atoms with E-state index in [1.54, 1.807) is 0 Å². The molecule has 1 N–H and O–H groups in total. The van der Waals surface area contributed by atoms with E-state index < -0.39 is 11.2 Å². The maximum atomic E-state index is 10.2. The van der Waals surface area contributed by atoms with Gasteiger partial charge in [-0.05, 0) is 12.8 Å². The third-order valence-corrected chi connectivity index (χ3v) is 1.96. The summed E-state index contributed by atoms with van der Waals surface area (Å²) in [7, 11) is 0. The van der Waals surface area contributed by atoms with Gasteiger partial charge < -0.3 is 5.11 Å². The Kier molecular flexibility index (Phi) is 5.62. The number of nitro groups is 1. The van der Waals surface area contributed by atoms with Crippen LogP contribution in [0.4, 0.5) is 0 Å². The molecule has 4 heteroatoms. The van der Waals surface area contributed by atoms with Gasteiger partial charge in [-0.25, -0.2) is 0 Å². The summed E-state index contributed by atoms with van der Waals surface area (Å²) < 4.78 is 0. The van der Waals surface area contributed by atoms with Crippen molar-refractivity contribution in [1.82, 2.24) is 0 Å². The average molecular weight is 175 g/mol. The SMILES string of the molecule is CCCC(CCC)C(O)[N+](=O)[O-]. The van der Waals surface area contributed by atoms with Gasteiger partial charge in [0, 0.05) is 0 Å². The van der Waals surface area contributed by atoms with Crippen LogP contribution in [0.15, 0.2) is 0 Å². The van der Waals surface area contributed by atoms with Gasteiger partial charge in [0.25, 0.3) is 0 Å². The zero-order valence-electron chi connectivity index (χ0n) is 7.69. The zero-order chi connectivity index (χ0) is 9.56. The van der Waals surface area contributed by atoms with Crippen molar-refractivity contribution < 1.29 is 10.0 Å². The molecule has 0 aromatic carbocycles. The van der Waals surface area contributed by atoms with Crippen LogP contribution in [-0.2, 0) is 0 Å². The van der Waals surface area contributed by atoms with Gasteiger partial charge in [-0.3, -0.25) is 10.1 Å². The molecule has 0 aliphatic rings. The van der Waals surface area contributed by atoms with Gasteiger partial charge in [-0.15, -0.1) is 0 Å². The third-order valence-electron chi connectivity index (χ3n) is 1.96. The fourth-order valence-corrected chi connectivity index (χ4v) is 1.36. The van der Waals surface area contributed by atoms with Gasteiger partial charge in [-0.1, -0.05) is 26.7 Å². The van der Waals surface area contributed by atoms with Crippen molar-refractivity contribution in [2.45, 2.75) is 45.8 Å². The highest BCUT2D eigenvalue weighted by molar-refractivity contribution is 4.59. The molecule has 0 aliphatic heterocycles. The first-order valence-corrected chi connectivity index (χ1v) is 4.45. The lowest BCUT2D eigenvalue weighted by molar-refractivity contribution is -0.581. The monoisotopic (exact) mass is 175 g/mol. The zero-order valence-corrected chi connectivity index (χ0v) is 7.69. The number of nitrogens with zero attached hydrogens (tertiary/aromatic N) is 1. The van der Waals surface area contributed by atoms with Crippen LogP contribution in [-0.4, -0.2) is 16.3 Å². The van der Waals surface area contributed by atoms with E-state index in [1.807, 2.05) is 13.8 Å². The fourth-order valence-electron chi connectivity index (χ4n) is 1.36. The number of hydrogen-bond acceptors (Lipinski definition) is 3. The highest BCUT2D eigenvalue weighted by Gasteiger charge is 2.26. The van der Waals surface area contributed by atoms with Gasteiger partial charge >= 0.3 is 6.23 Å². The second-order valence-corrected chi connectivity index (χ2v) is 3.04. The van der Waals surface area contributed by atoms with E-state index in [2.05, 4.69) is 0 Å². The van der Waals surface area contributed by atoms with E-state index in [0.29, 0.717) is 0 Å². The van der Waals surface area contributed by atoms with Crippen molar-refractivity contribution >= 4 is 0 Å². The number of rotatable bonds is 6. The van der Waals surface area contributed by atoms with Crippen molar-refractivity contribution in [2.24, 2.45) is 5.92 Å². The Morgan fingerprint density at radius 1 is 1.33 bits per heavy atom. The topological polar surface area (TPSA) is 63.4 Å². The molecule has 0 aromatic rings. The summed E-state index contributed by atoms with van der Waals surface area (Å²) in [4.78, 5) is 9.64. The quantitative estimate of drug-likeness (QED) is 0.380. The minimum Gasteiger partial charge on any atom is -0.333 e. The Labute approximate surface area is 72.7 Å². The molecule has 4 nitrogen and oxygen atoms in total. The summed E-state index contributed by atoms with van der Waals surface area (Å²) in [6.07, 6.45) is 1.86. The molecule has 1 atom stereocenters. The Balaban J connectivity index is 3.98. The second kappa shape index (κ2) is 5.94. The summed E-state index contributed by atoms with van der Waals surface area (Å²) in [5.74, 6) is -0.171. The molecule has 0 rings (SSSR count). The molecule has 0 bridgehead atoms. The smallest absolute Gasteiger partial charge is 0.315 e. The normalized spacial score (nSPS) is 13.3. The minimum atomic E-state index is -1.37. The van der Waals surface area contributed by atoms with Crippen LogP contribution < -0.4 is 0 Å². The molecule has 0 heterocycles. The molecule has 0 radical (unpaired) electrons. The molecule has 0 amide bonds. The Bertz CT molecular complexity index is 132. The lowest BCUT2D eigenvalue weighted by Gasteiger charge is -2.14. The van der Waals surface area contributed by atoms with Crippen LogP contribution >= 0.6 is 0 Å². The van der Waals surface area contributed by atoms with Crippen LogP contribution in [0.1, 0.15) is 39.5 Å². The van der Waals surface area contributed by atoms with Gasteiger partial charge in [0.05, 0.1) is 10.8 Å². The predicted octanol–water partition coefficient (Wildman–Crippen LogP) is 1.80.